The SMILES string of the molecule is CCC1(CC)[C@H](C(=O)O)[C@@H]1CC(C)=NOCC(C)(C)C. The maximum absolute atomic E-state index is 11.4. The molecule has 0 radical (unpaired) electrons. The standard InChI is InChI=1S/C16H29NO3/c1-7-16(8-2)12(13(16)14(18)19)9-11(3)17-20-10-15(4,5)6/h12-13H,7-10H2,1-6H3,(H,18,19)/t12-,13-/m0/s1. The van der Waals surface area contributed by atoms with E-state index >= 15 is 0 Å². The summed E-state index contributed by atoms with van der Waals surface area (Å²) in [6.07, 6.45) is 2.56. The molecule has 1 N–H and O–H groups in total. The minimum Gasteiger partial charge on any atom is -0.481 e. The molecule has 0 aromatic rings. The topological polar surface area (TPSA) is 58.9 Å². The first-order valence-electron chi connectivity index (χ1n) is 7.56. The van der Waals surface area contributed by atoms with E-state index in [2.05, 4.69) is 39.8 Å². The first-order valence-corrected chi connectivity index (χ1v) is 7.56. The number of carbonyl (C=O) groups is 1. The molecule has 1 fully saturated rings. The summed E-state index contributed by atoms with van der Waals surface area (Å²) in [5.74, 6) is -0.677. The summed E-state index contributed by atoms with van der Waals surface area (Å²) in [6.45, 7) is 13.0. The van der Waals surface area contributed by atoms with Crippen molar-refractivity contribution >= 4 is 11.7 Å². The maximum Gasteiger partial charge on any atom is 0.307 e. The van der Waals surface area contributed by atoms with E-state index < -0.39 is 5.97 Å². The fraction of sp³-hybridized carbons (Fsp3) is 0.875. The van der Waals surface area contributed by atoms with Crippen LogP contribution in [0.25, 0.3) is 0 Å². The zero-order valence-electron chi connectivity index (χ0n) is 13.7. The highest BCUT2D eigenvalue weighted by molar-refractivity contribution is 5.84. The zero-order chi connectivity index (χ0) is 15.6. The molecule has 0 unspecified atom stereocenters. The van der Waals surface area contributed by atoms with E-state index in [0.717, 1.165) is 25.0 Å². The number of oxime groups is 1. The van der Waals surface area contributed by atoms with Gasteiger partial charge >= 0.3 is 5.97 Å². The molecule has 0 bridgehead atoms. The predicted octanol–water partition coefficient (Wildman–Crippen LogP) is 3.95. The lowest BCUT2D eigenvalue weighted by Crippen LogP contribution is -2.13. The van der Waals surface area contributed by atoms with Gasteiger partial charge in [-0.15, -0.1) is 0 Å². The van der Waals surface area contributed by atoms with Crippen LogP contribution in [0.1, 0.15) is 60.8 Å². The predicted molar refractivity (Wildman–Crippen MR) is 80.8 cm³/mol. The summed E-state index contributed by atoms with van der Waals surface area (Å²) in [5.41, 5.74) is 0.949. The molecule has 1 aliphatic carbocycles. The van der Waals surface area contributed by atoms with Crippen LogP contribution in [0, 0.1) is 22.7 Å². The molecule has 116 valence electrons. The van der Waals surface area contributed by atoms with Crippen LogP contribution >= 0.6 is 0 Å². The van der Waals surface area contributed by atoms with Gasteiger partial charge in [-0.25, -0.2) is 0 Å². The van der Waals surface area contributed by atoms with Crippen molar-refractivity contribution in [3.8, 4) is 0 Å². The third kappa shape index (κ3) is 3.74. The Bertz CT molecular complexity index is 378. The van der Waals surface area contributed by atoms with Gasteiger partial charge in [-0.2, -0.15) is 0 Å². The molecule has 20 heavy (non-hydrogen) atoms. The molecule has 0 amide bonds. The average Bonchev–Trinajstić information content (AvgIpc) is 2.95. The average molecular weight is 283 g/mol. The van der Waals surface area contributed by atoms with E-state index in [1.807, 2.05) is 6.92 Å². The second-order valence-corrected chi connectivity index (χ2v) is 7.23. The van der Waals surface area contributed by atoms with Crippen molar-refractivity contribution in [3.63, 3.8) is 0 Å². The summed E-state index contributed by atoms with van der Waals surface area (Å²) in [4.78, 5) is 16.7. The van der Waals surface area contributed by atoms with E-state index in [4.69, 9.17) is 4.84 Å². The van der Waals surface area contributed by atoms with Gasteiger partial charge in [0.25, 0.3) is 0 Å². The third-order valence-corrected chi connectivity index (χ3v) is 4.47. The summed E-state index contributed by atoms with van der Waals surface area (Å²) >= 11 is 0. The lowest BCUT2D eigenvalue weighted by atomic mass is 9.94. The number of hydrogen-bond donors (Lipinski definition) is 1. The van der Waals surface area contributed by atoms with Crippen LogP contribution < -0.4 is 0 Å². The monoisotopic (exact) mass is 283 g/mol. The Morgan fingerprint density at radius 3 is 2.20 bits per heavy atom. The van der Waals surface area contributed by atoms with Gasteiger partial charge in [0.05, 0.1) is 11.6 Å². The van der Waals surface area contributed by atoms with Crippen molar-refractivity contribution < 1.29 is 14.7 Å². The Labute approximate surface area is 122 Å². The molecular formula is C16H29NO3. The van der Waals surface area contributed by atoms with Crippen molar-refractivity contribution in [2.45, 2.75) is 60.8 Å². The smallest absolute Gasteiger partial charge is 0.307 e. The normalized spacial score (nSPS) is 25.4. The fourth-order valence-corrected chi connectivity index (χ4v) is 3.22. The van der Waals surface area contributed by atoms with Gasteiger partial charge in [-0.3, -0.25) is 4.79 Å². The van der Waals surface area contributed by atoms with Crippen LogP contribution in [0.5, 0.6) is 0 Å². The van der Waals surface area contributed by atoms with Crippen LogP contribution in [0.3, 0.4) is 0 Å². The van der Waals surface area contributed by atoms with Crippen molar-refractivity contribution in [2.75, 3.05) is 6.61 Å². The van der Waals surface area contributed by atoms with Crippen molar-refractivity contribution in [1.29, 1.82) is 0 Å². The third-order valence-electron chi connectivity index (χ3n) is 4.47. The first kappa shape index (κ1) is 17.0. The van der Waals surface area contributed by atoms with Crippen molar-refractivity contribution in [3.05, 3.63) is 0 Å². The van der Waals surface area contributed by atoms with Crippen LogP contribution in [0.15, 0.2) is 5.16 Å². The Hall–Kier alpha value is -1.06. The second kappa shape index (κ2) is 6.15. The van der Waals surface area contributed by atoms with Crippen LogP contribution in [0.4, 0.5) is 0 Å². The Morgan fingerprint density at radius 2 is 1.85 bits per heavy atom. The van der Waals surface area contributed by atoms with Gasteiger partial charge in [0, 0.05) is 0 Å². The van der Waals surface area contributed by atoms with Crippen LogP contribution in [0.2, 0.25) is 0 Å². The highest BCUT2D eigenvalue weighted by Crippen LogP contribution is 2.64. The van der Waals surface area contributed by atoms with Gasteiger partial charge in [0.1, 0.15) is 6.61 Å². The summed E-state index contributed by atoms with van der Waals surface area (Å²) in [6, 6.07) is 0. The summed E-state index contributed by atoms with van der Waals surface area (Å²) in [5, 5.41) is 13.5. The van der Waals surface area contributed by atoms with Gasteiger partial charge in [0.15, 0.2) is 0 Å². The molecule has 4 heteroatoms. The summed E-state index contributed by atoms with van der Waals surface area (Å²) in [7, 11) is 0. The maximum atomic E-state index is 11.4. The lowest BCUT2D eigenvalue weighted by molar-refractivity contribution is -0.139. The molecular weight excluding hydrogens is 254 g/mol. The Kier molecular flexibility index (Phi) is 5.22. The number of aliphatic carboxylic acids is 1. The minimum absolute atomic E-state index is 0.0351. The molecule has 2 atom stereocenters. The second-order valence-electron chi connectivity index (χ2n) is 7.23. The van der Waals surface area contributed by atoms with E-state index in [0.29, 0.717) is 6.61 Å². The van der Waals surface area contributed by atoms with Gasteiger partial charge in [0.2, 0.25) is 0 Å². The van der Waals surface area contributed by atoms with Gasteiger partial charge in [-0.1, -0.05) is 39.8 Å². The van der Waals surface area contributed by atoms with E-state index in [1.54, 1.807) is 0 Å². The first-order chi connectivity index (χ1) is 9.18. The van der Waals surface area contributed by atoms with Gasteiger partial charge < -0.3 is 9.94 Å². The molecule has 1 saturated carbocycles. The molecule has 0 aromatic carbocycles. The number of nitrogens with zero attached hydrogens (tertiary/aromatic N) is 1. The van der Waals surface area contributed by atoms with Crippen LogP contribution in [-0.4, -0.2) is 23.4 Å². The van der Waals surface area contributed by atoms with E-state index in [1.165, 1.54) is 0 Å². The van der Waals surface area contributed by atoms with E-state index in [-0.39, 0.29) is 22.7 Å². The van der Waals surface area contributed by atoms with Crippen LogP contribution in [-0.2, 0) is 9.63 Å². The molecule has 0 saturated heterocycles. The van der Waals surface area contributed by atoms with Crippen molar-refractivity contribution in [2.24, 2.45) is 27.8 Å². The molecule has 0 heterocycles. The number of hydrogen-bond acceptors (Lipinski definition) is 3. The van der Waals surface area contributed by atoms with E-state index in [9.17, 15) is 9.90 Å². The molecule has 1 rings (SSSR count). The quantitative estimate of drug-likeness (QED) is 0.568. The highest BCUT2D eigenvalue weighted by atomic mass is 16.6. The largest absolute Gasteiger partial charge is 0.481 e. The van der Waals surface area contributed by atoms with Crippen molar-refractivity contribution in [1.82, 2.24) is 0 Å². The molecule has 4 nitrogen and oxygen atoms in total. The fourth-order valence-electron chi connectivity index (χ4n) is 3.22. The molecule has 1 aliphatic rings. The Morgan fingerprint density at radius 1 is 1.30 bits per heavy atom. The lowest BCUT2D eigenvalue weighted by Gasteiger charge is -2.16. The minimum atomic E-state index is -0.665. The number of rotatable bonds is 7. The zero-order valence-corrected chi connectivity index (χ0v) is 13.7. The molecule has 0 aliphatic heterocycles. The number of carboxylic acid groups (broad SMARTS) is 1. The molecule has 0 aromatic heterocycles. The van der Waals surface area contributed by atoms with Gasteiger partial charge in [-0.05, 0) is 42.9 Å². The highest BCUT2D eigenvalue weighted by Gasteiger charge is 2.65. The number of carboxylic acids is 1. The Balaban J connectivity index is 2.59. The molecule has 0 spiro atoms. The summed E-state index contributed by atoms with van der Waals surface area (Å²) < 4.78 is 0.